The van der Waals surface area contributed by atoms with E-state index in [9.17, 15) is 4.79 Å². The first kappa shape index (κ1) is 16.7. The molecule has 1 aliphatic heterocycles. The third-order valence-electron chi connectivity index (χ3n) is 2.93. The van der Waals surface area contributed by atoms with Gasteiger partial charge in [0.15, 0.2) is 0 Å². The second kappa shape index (κ2) is 9.68. The molecule has 1 saturated heterocycles. The van der Waals surface area contributed by atoms with Crippen molar-refractivity contribution in [3.63, 3.8) is 0 Å². The van der Waals surface area contributed by atoms with Crippen molar-refractivity contribution in [2.75, 3.05) is 19.8 Å². The van der Waals surface area contributed by atoms with Crippen LogP contribution in [-0.4, -0.2) is 37.7 Å². The SMILES string of the molecule is CCCC(CC)NC(=O)CC1COCCN1.Cl. The summed E-state index contributed by atoms with van der Waals surface area (Å²) >= 11 is 0. The molecule has 5 heteroatoms. The Bertz CT molecular complexity index is 200. The van der Waals surface area contributed by atoms with Gasteiger partial charge in [-0.3, -0.25) is 4.79 Å². The average Bonchev–Trinajstić information content (AvgIpc) is 2.29. The third kappa shape index (κ3) is 6.86. The van der Waals surface area contributed by atoms with Crippen molar-refractivity contribution in [2.24, 2.45) is 0 Å². The first-order valence-electron chi connectivity index (χ1n) is 6.36. The molecule has 2 unspecified atom stereocenters. The summed E-state index contributed by atoms with van der Waals surface area (Å²) in [4.78, 5) is 11.7. The Balaban J connectivity index is 0.00000256. The smallest absolute Gasteiger partial charge is 0.221 e. The Labute approximate surface area is 110 Å². The molecule has 1 amide bonds. The number of ether oxygens (including phenoxy) is 1. The zero-order valence-corrected chi connectivity index (χ0v) is 11.6. The van der Waals surface area contributed by atoms with Gasteiger partial charge >= 0.3 is 0 Å². The maximum absolute atomic E-state index is 11.7. The number of hydrogen-bond acceptors (Lipinski definition) is 3. The van der Waals surface area contributed by atoms with E-state index < -0.39 is 0 Å². The summed E-state index contributed by atoms with van der Waals surface area (Å²) in [7, 11) is 0. The van der Waals surface area contributed by atoms with Crippen LogP contribution >= 0.6 is 12.4 Å². The summed E-state index contributed by atoms with van der Waals surface area (Å²) in [5.74, 6) is 0.142. The van der Waals surface area contributed by atoms with Crippen LogP contribution in [0, 0.1) is 0 Å². The highest BCUT2D eigenvalue weighted by atomic mass is 35.5. The topological polar surface area (TPSA) is 50.4 Å². The zero-order valence-electron chi connectivity index (χ0n) is 10.8. The molecule has 102 valence electrons. The second-order valence-electron chi connectivity index (χ2n) is 4.39. The quantitative estimate of drug-likeness (QED) is 0.764. The van der Waals surface area contributed by atoms with Gasteiger partial charge in [-0.15, -0.1) is 12.4 Å². The van der Waals surface area contributed by atoms with Gasteiger partial charge in [-0.25, -0.2) is 0 Å². The first-order chi connectivity index (χ1) is 7.76. The molecule has 1 fully saturated rings. The molecule has 0 aromatic rings. The summed E-state index contributed by atoms with van der Waals surface area (Å²) in [6.07, 6.45) is 3.72. The highest BCUT2D eigenvalue weighted by Crippen LogP contribution is 2.03. The molecule has 0 aromatic carbocycles. The van der Waals surface area contributed by atoms with Crippen LogP contribution in [0.5, 0.6) is 0 Å². The summed E-state index contributed by atoms with van der Waals surface area (Å²) in [6.45, 7) is 6.52. The molecule has 2 atom stereocenters. The van der Waals surface area contributed by atoms with Gasteiger partial charge in [0.1, 0.15) is 0 Å². The molecule has 0 aromatic heterocycles. The Morgan fingerprint density at radius 1 is 1.53 bits per heavy atom. The number of carbonyl (C=O) groups is 1. The van der Waals surface area contributed by atoms with E-state index in [4.69, 9.17) is 4.74 Å². The monoisotopic (exact) mass is 264 g/mol. The second-order valence-corrected chi connectivity index (χ2v) is 4.39. The lowest BCUT2D eigenvalue weighted by molar-refractivity contribution is -0.123. The van der Waals surface area contributed by atoms with E-state index in [1.165, 1.54) is 0 Å². The van der Waals surface area contributed by atoms with Gasteiger partial charge in [0.05, 0.1) is 13.2 Å². The lowest BCUT2D eigenvalue weighted by Crippen LogP contribution is -2.45. The Kier molecular flexibility index (Phi) is 9.50. The van der Waals surface area contributed by atoms with Crippen molar-refractivity contribution in [1.29, 1.82) is 0 Å². The van der Waals surface area contributed by atoms with Crippen LogP contribution in [0.15, 0.2) is 0 Å². The minimum absolute atomic E-state index is 0. The molecule has 1 aliphatic rings. The van der Waals surface area contributed by atoms with E-state index >= 15 is 0 Å². The molecule has 0 saturated carbocycles. The van der Waals surface area contributed by atoms with Crippen LogP contribution in [0.4, 0.5) is 0 Å². The van der Waals surface area contributed by atoms with E-state index in [1.807, 2.05) is 0 Å². The number of halogens is 1. The number of rotatable bonds is 6. The standard InChI is InChI=1S/C12H24N2O2.ClH/c1-3-5-10(4-2)14-12(15)8-11-9-16-7-6-13-11;/h10-11,13H,3-9H2,1-2H3,(H,14,15);1H. The third-order valence-corrected chi connectivity index (χ3v) is 2.93. The van der Waals surface area contributed by atoms with Gasteiger partial charge in [0.2, 0.25) is 5.91 Å². The van der Waals surface area contributed by atoms with Crippen LogP contribution in [0.1, 0.15) is 39.5 Å². The molecule has 0 aliphatic carbocycles. The van der Waals surface area contributed by atoms with Crippen molar-refractivity contribution >= 4 is 18.3 Å². The van der Waals surface area contributed by atoms with Crippen LogP contribution in [-0.2, 0) is 9.53 Å². The fraction of sp³-hybridized carbons (Fsp3) is 0.917. The van der Waals surface area contributed by atoms with Crippen molar-refractivity contribution in [3.05, 3.63) is 0 Å². The molecule has 0 bridgehead atoms. The average molecular weight is 265 g/mol. The summed E-state index contributed by atoms with van der Waals surface area (Å²) in [6, 6.07) is 0.523. The van der Waals surface area contributed by atoms with E-state index in [0.29, 0.717) is 19.1 Å². The Morgan fingerprint density at radius 2 is 2.29 bits per heavy atom. The maximum Gasteiger partial charge on any atom is 0.221 e. The predicted octanol–water partition coefficient (Wildman–Crippen LogP) is 1.48. The number of carbonyl (C=O) groups excluding carboxylic acids is 1. The molecule has 0 spiro atoms. The summed E-state index contributed by atoms with van der Waals surface area (Å²) in [5, 5.41) is 6.37. The highest BCUT2D eigenvalue weighted by Gasteiger charge is 2.18. The molecule has 1 rings (SSSR count). The molecule has 1 heterocycles. The normalized spacial score (nSPS) is 21.4. The number of amides is 1. The lowest BCUT2D eigenvalue weighted by atomic mass is 10.1. The van der Waals surface area contributed by atoms with Crippen LogP contribution in [0.25, 0.3) is 0 Å². The molecule has 0 radical (unpaired) electrons. The van der Waals surface area contributed by atoms with Crippen molar-refractivity contribution < 1.29 is 9.53 Å². The first-order valence-corrected chi connectivity index (χ1v) is 6.36. The van der Waals surface area contributed by atoms with E-state index in [0.717, 1.165) is 32.4 Å². The minimum atomic E-state index is 0. The lowest BCUT2D eigenvalue weighted by Gasteiger charge is -2.24. The largest absolute Gasteiger partial charge is 0.378 e. The van der Waals surface area contributed by atoms with E-state index in [-0.39, 0.29) is 24.4 Å². The van der Waals surface area contributed by atoms with E-state index in [1.54, 1.807) is 0 Å². The van der Waals surface area contributed by atoms with Crippen molar-refractivity contribution in [3.8, 4) is 0 Å². The van der Waals surface area contributed by atoms with Crippen molar-refractivity contribution in [2.45, 2.75) is 51.6 Å². The molecule has 17 heavy (non-hydrogen) atoms. The molecular weight excluding hydrogens is 240 g/mol. The fourth-order valence-electron chi connectivity index (χ4n) is 1.99. The van der Waals surface area contributed by atoms with Crippen LogP contribution in [0.2, 0.25) is 0 Å². The highest BCUT2D eigenvalue weighted by molar-refractivity contribution is 5.85. The molecule has 4 nitrogen and oxygen atoms in total. The fourth-order valence-corrected chi connectivity index (χ4v) is 1.99. The minimum Gasteiger partial charge on any atom is -0.378 e. The Hall–Kier alpha value is -0.320. The zero-order chi connectivity index (χ0) is 11.8. The van der Waals surface area contributed by atoms with Crippen LogP contribution < -0.4 is 10.6 Å². The summed E-state index contributed by atoms with van der Waals surface area (Å²) in [5.41, 5.74) is 0. The van der Waals surface area contributed by atoms with Gasteiger partial charge in [-0.05, 0) is 12.8 Å². The molecule has 2 N–H and O–H groups in total. The van der Waals surface area contributed by atoms with Gasteiger partial charge in [-0.2, -0.15) is 0 Å². The number of nitrogens with one attached hydrogen (secondary N) is 2. The van der Waals surface area contributed by atoms with Crippen molar-refractivity contribution in [1.82, 2.24) is 10.6 Å². The summed E-state index contributed by atoms with van der Waals surface area (Å²) < 4.78 is 5.32. The van der Waals surface area contributed by atoms with Gasteiger partial charge in [0, 0.05) is 25.0 Å². The molecular formula is C12H25ClN2O2. The Morgan fingerprint density at radius 3 is 2.82 bits per heavy atom. The van der Waals surface area contributed by atoms with E-state index in [2.05, 4.69) is 24.5 Å². The van der Waals surface area contributed by atoms with Gasteiger partial charge in [0.25, 0.3) is 0 Å². The maximum atomic E-state index is 11.7. The predicted molar refractivity (Wildman–Crippen MR) is 71.6 cm³/mol. The number of morpholine rings is 1. The van der Waals surface area contributed by atoms with Crippen LogP contribution in [0.3, 0.4) is 0 Å². The number of hydrogen-bond donors (Lipinski definition) is 2. The van der Waals surface area contributed by atoms with Gasteiger partial charge in [-0.1, -0.05) is 20.3 Å². The van der Waals surface area contributed by atoms with Gasteiger partial charge < -0.3 is 15.4 Å².